The summed E-state index contributed by atoms with van der Waals surface area (Å²) in [5.41, 5.74) is 3.62. The number of nitrogens with zero attached hydrogens (tertiary/aromatic N) is 3. The van der Waals surface area contributed by atoms with E-state index in [2.05, 4.69) is 63.3 Å². The smallest absolute Gasteiger partial charge is 0.158 e. The summed E-state index contributed by atoms with van der Waals surface area (Å²) in [6, 6.07) is 14.6. The van der Waals surface area contributed by atoms with E-state index in [-0.39, 0.29) is 0 Å². The zero-order chi connectivity index (χ0) is 14.1. The van der Waals surface area contributed by atoms with Crippen LogP contribution >= 0.6 is 0 Å². The summed E-state index contributed by atoms with van der Waals surface area (Å²) in [5, 5.41) is 0. The van der Waals surface area contributed by atoms with E-state index < -0.39 is 0 Å². The Bertz CT molecular complexity index is 703. The molecule has 2 aromatic rings. The van der Waals surface area contributed by atoms with Crippen molar-refractivity contribution in [1.82, 2.24) is 4.98 Å². The molecule has 0 spiro atoms. The summed E-state index contributed by atoms with van der Waals surface area (Å²) in [6.07, 6.45) is 10.9. The predicted molar refractivity (Wildman–Crippen MR) is 86.6 cm³/mol. The van der Waals surface area contributed by atoms with Crippen molar-refractivity contribution in [2.45, 2.75) is 12.8 Å². The third kappa shape index (κ3) is 2.11. The molecule has 4 rings (SSSR count). The second kappa shape index (κ2) is 5.09. The molecular formula is C18H17N3. The third-order valence-electron chi connectivity index (χ3n) is 3.95. The van der Waals surface area contributed by atoms with Crippen LogP contribution in [-0.2, 0) is 0 Å². The zero-order valence-electron chi connectivity index (χ0n) is 11.8. The molecule has 1 aliphatic heterocycles. The van der Waals surface area contributed by atoms with E-state index in [1.54, 1.807) is 0 Å². The van der Waals surface area contributed by atoms with Crippen molar-refractivity contribution in [2.75, 3.05) is 16.5 Å². The molecule has 0 bridgehead atoms. The van der Waals surface area contributed by atoms with Crippen molar-refractivity contribution in [2.24, 2.45) is 0 Å². The Morgan fingerprint density at radius 3 is 2.62 bits per heavy atom. The van der Waals surface area contributed by atoms with Crippen LogP contribution in [0.1, 0.15) is 12.8 Å². The quantitative estimate of drug-likeness (QED) is 0.817. The largest absolute Gasteiger partial charge is 0.320 e. The number of aromatic nitrogens is 1. The highest BCUT2D eigenvalue weighted by molar-refractivity contribution is 5.81. The van der Waals surface area contributed by atoms with Gasteiger partial charge in [0.05, 0.1) is 5.69 Å². The number of allylic oxidation sites excluding steroid dienone is 3. The molecular weight excluding hydrogens is 258 g/mol. The number of pyridine rings is 1. The number of benzene rings is 1. The van der Waals surface area contributed by atoms with Crippen LogP contribution in [0.3, 0.4) is 0 Å². The maximum atomic E-state index is 4.60. The topological polar surface area (TPSA) is 19.4 Å². The molecule has 0 N–H and O–H groups in total. The molecule has 0 saturated carbocycles. The van der Waals surface area contributed by atoms with Crippen molar-refractivity contribution < 1.29 is 0 Å². The Morgan fingerprint density at radius 2 is 1.81 bits per heavy atom. The van der Waals surface area contributed by atoms with Gasteiger partial charge in [-0.3, -0.25) is 0 Å². The van der Waals surface area contributed by atoms with Crippen molar-refractivity contribution in [3.8, 4) is 0 Å². The van der Waals surface area contributed by atoms with Gasteiger partial charge in [0.2, 0.25) is 0 Å². The van der Waals surface area contributed by atoms with Crippen LogP contribution in [0.5, 0.6) is 0 Å². The van der Waals surface area contributed by atoms with Gasteiger partial charge in [0, 0.05) is 17.6 Å². The van der Waals surface area contributed by atoms with Gasteiger partial charge in [0.1, 0.15) is 6.67 Å². The summed E-state index contributed by atoms with van der Waals surface area (Å²) in [6.45, 7) is 0.812. The number of fused-ring (bicyclic) bond motifs is 1. The summed E-state index contributed by atoms with van der Waals surface area (Å²) < 4.78 is 0. The molecule has 3 nitrogen and oxygen atoms in total. The van der Waals surface area contributed by atoms with Crippen molar-refractivity contribution in [1.29, 1.82) is 0 Å². The number of anilines is 3. The van der Waals surface area contributed by atoms with Gasteiger partial charge in [-0.2, -0.15) is 0 Å². The Morgan fingerprint density at radius 1 is 0.905 bits per heavy atom. The second-order valence-corrected chi connectivity index (χ2v) is 5.29. The number of hydrogen-bond acceptors (Lipinski definition) is 3. The SMILES string of the molecule is C1=CC(N2CN(c3ccccc3)c3cccnc32)=CCC1. The van der Waals surface area contributed by atoms with E-state index in [0.29, 0.717) is 0 Å². The monoisotopic (exact) mass is 275 g/mol. The first-order valence-corrected chi connectivity index (χ1v) is 7.35. The van der Waals surface area contributed by atoms with Gasteiger partial charge < -0.3 is 9.80 Å². The Balaban J connectivity index is 1.77. The van der Waals surface area contributed by atoms with Crippen molar-refractivity contribution >= 4 is 17.2 Å². The first-order valence-electron chi connectivity index (χ1n) is 7.35. The molecule has 104 valence electrons. The molecule has 1 aromatic carbocycles. The number of hydrogen-bond donors (Lipinski definition) is 0. The van der Waals surface area contributed by atoms with E-state index in [9.17, 15) is 0 Å². The molecule has 0 unspecified atom stereocenters. The zero-order valence-corrected chi connectivity index (χ0v) is 11.8. The maximum Gasteiger partial charge on any atom is 0.158 e. The molecule has 2 heterocycles. The molecule has 0 amide bonds. The van der Waals surface area contributed by atoms with Crippen molar-refractivity contribution in [3.05, 3.63) is 72.6 Å². The standard InChI is InChI=1S/C18H17N3/c1-3-8-15(9-4-1)20-14-21(16-10-5-2-6-11-16)18-17(20)12-7-13-19-18/h1,3-5,7-13H,2,6,14H2. The van der Waals surface area contributed by atoms with Gasteiger partial charge in [-0.05, 0) is 43.2 Å². The molecule has 2 aliphatic rings. The summed E-state index contributed by atoms with van der Waals surface area (Å²) >= 11 is 0. The summed E-state index contributed by atoms with van der Waals surface area (Å²) in [7, 11) is 0. The van der Waals surface area contributed by atoms with E-state index in [4.69, 9.17) is 0 Å². The average molecular weight is 275 g/mol. The Labute approximate surface area is 124 Å². The van der Waals surface area contributed by atoms with E-state index in [1.807, 2.05) is 18.3 Å². The van der Waals surface area contributed by atoms with Crippen LogP contribution < -0.4 is 9.80 Å². The minimum Gasteiger partial charge on any atom is -0.320 e. The van der Waals surface area contributed by atoms with Gasteiger partial charge in [-0.25, -0.2) is 4.98 Å². The normalized spacial score (nSPS) is 16.9. The molecule has 1 aromatic heterocycles. The highest BCUT2D eigenvalue weighted by Gasteiger charge is 2.29. The van der Waals surface area contributed by atoms with Gasteiger partial charge >= 0.3 is 0 Å². The fraction of sp³-hybridized carbons (Fsp3) is 0.167. The lowest BCUT2D eigenvalue weighted by molar-refractivity contribution is 0.913. The first-order chi connectivity index (χ1) is 10.4. The highest BCUT2D eigenvalue weighted by atomic mass is 15.4. The highest BCUT2D eigenvalue weighted by Crippen LogP contribution is 2.40. The number of para-hydroxylation sites is 1. The van der Waals surface area contributed by atoms with Gasteiger partial charge in [0.25, 0.3) is 0 Å². The fourth-order valence-electron chi connectivity index (χ4n) is 2.92. The molecule has 0 radical (unpaired) electrons. The van der Waals surface area contributed by atoms with E-state index >= 15 is 0 Å². The van der Waals surface area contributed by atoms with Crippen LogP contribution in [0.15, 0.2) is 72.6 Å². The first kappa shape index (κ1) is 12.2. The summed E-state index contributed by atoms with van der Waals surface area (Å²) in [5.74, 6) is 1.04. The lowest BCUT2D eigenvalue weighted by atomic mass is 10.1. The Hall–Kier alpha value is -2.55. The van der Waals surface area contributed by atoms with Crippen LogP contribution in [0.2, 0.25) is 0 Å². The minimum absolute atomic E-state index is 0.812. The third-order valence-corrected chi connectivity index (χ3v) is 3.95. The Kier molecular flexibility index (Phi) is 2.96. The second-order valence-electron chi connectivity index (χ2n) is 5.29. The predicted octanol–water partition coefficient (Wildman–Crippen LogP) is 4.23. The van der Waals surface area contributed by atoms with Gasteiger partial charge in [0.15, 0.2) is 5.82 Å². The summed E-state index contributed by atoms with van der Waals surface area (Å²) in [4.78, 5) is 9.20. The van der Waals surface area contributed by atoms with Crippen LogP contribution in [0, 0.1) is 0 Å². The average Bonchev–Trinajstić information content (AvgIpc) is 2.96. The fourth-order valence-corrected chi connectivity index (χ4v) is 2.92. The molecule has 0 atom stereocenters. The molecule has 0 saturated heterocycles. The van der Waals surface area contributed by atoms with E-state index in [0.717, 1.165) is 25.3 Å². The minimum atomic E-state index is 0.812. The molecule has 3 heteroatoms. The molecule has 1 aliphatic carbocycles. The van der Waals surface area contributed by atoms with E-state index in [1.165, 1.54) is 17.1 Å². The van der Waals surface area contributed by atoms with Gasteiger partial charge in [-0.15, -0.1) is 0 Å². The lowest BCUT2D eigenvalue weighted by Gasteiger charge is -2.23. The number of rotatable bonds is 2. The van der Waals surface area contributed by atoms with Crippen LogP contribution in [0.4, 0.5) is 17.2 Å². The maximum absolute atomic E-state index is 4.60. The lowest BCUT2D eigenvalue weighted by Crippen LogP contribution is -2.27. The van der Waals surface area contributed by atoms with Crippen LogP contribution in [-0.4, -0.2) is 11.7 Å². The van der Waals surface area contributed by atoms with Gasteiger partial charge in [-0.1, -0.05) is 30.4 Å². The molecule has 0 fully saturated rings. The molecule has 21 heavy (non-hydrogen) atoms. The van der Waals surface area contributed by atoms with Crippen LogP contribution in [0.25, 0.3) is 0 Å². The van der Waals surface area contributed by atoms with Crippen molar-refractivity contribution in [3.63, 3.8) is 0 Å².